The Morgan fingerprint density at radius 2 is 1.71 bits per heavy atom. The largest absolute Gasteiger partial charge is 0.480 e. The number of rotatable bonds is 7. The van der Waals surface area contributed by atoms with E-state index in [0.29, 0.717) is 5.88 Å². The van der Waals surface area contributed by atoms with Crippen molar-refractivity contribution < 1.29 is 4.74 Å². The molecule has 1 N–H and O–H groups in total. The fourth-order valence-corrected chi connectivity index (χ4v) is 2.30. The van der Waals surface area contributed by atoms with Gasteiger partial charge in [-0.15, -0.1) is 5.10 Å². The highest BCUT2D eigenvalue weighted by Crippen LogP contribution is 2.18. The van der Waals surface area contributed by atoms with E-state index in [4.69, 9.17) is 4.74 Å². The fourth-order valence-electron chi connectivity index (χ4n) is 2.30. The standard InChI is InChI=1S/C17H23N3O/c1-4-13-6-8-14(9-7-13)12-16(18-5-2)15-10-11-17(21-3)20-19-15/h6-11,16,18H,4-5,12H2,1-3H3. The predicted molar refractivity (Wildman–Crippen MR) is 84.5 cm³/mol. The molecule has 1 aromatic carbocycles. The number of ether oxygens (including phenoxy) is 1. The van der Waals surface area contributed by atoms with Crippen molar-refractivity contribution in [2.45, 2.75) is 32.7 Å². The zero-order valence-electron chi connectivity index (χ0n) is 13.0. The molecule has 0 saturated heterocycles. The van der Waals surface area contributed by atoms with Gasteiger partial charge in [0, 0.05) is 6.07 Å². The average Bonchev–Trinajstić information content (AvgIpc) is 2.55. The summed E-state index contributed by atoms with van der Waals surface area (Å²) >= 11 is 0. The zero-order valence-corrected chi connectivity index (χ0v) is 13.0. The van der Waals surface area contributed by atoms with E-state index in [1.165, 1.54) is 11.1 Å². The Labute approximate surface area is 126 Å². The van der Waals surface area contributed by atoms with Crippen molar-refractivity contribution in [3.05, 3.63) is 53.2 Å². The van der Waals surface area contributed by atoms with Crippen molar-refractivity contribution in [1.29, 1.82) is 0 Å². The van der Waals surface area contributed by atoms with E-state index in [0.717, 1.165) is 25.1 Å². The van der Waals surface area contributed by atoms with E-state index >= 15 is 0 Å². The smallest absolute Gasteiger partial charge is 0.233 e. The molecule has 0 saturated carbocycles. The Morgan fingerprint density at radius 3 is 2.24 bits per heavy atom. The van der Waals surface area contributed by atoms with E-state index in [1.54, 1.807) is 7.11 Å². The highest BCUT2D eigenvalue weighted by molar-refractivity contribution is 5.25. The van der Waals surface area contributed by atoms with Crippen LogP contribution in [0.3, 0.4) is 0 Å². The average molecular weight is 285 g/mol. The Kier molecular flexibility index (Phi) is 5.69. The second-order valence-corrected chi connectivity index (χ2v) is 4.98. The van der Waals surface area contributed by atoms with Crippen LogP contribution in [-0.2, 0) is 12.8 Å². The molecule has 4 nitrogen and oxygen atoms in total. The van der Waals surface area contributed by atoms with E-state index in [1.807, 2.05) is 12.1 Å². The van der Waals surface area contributed by atoms with Crippen LogP contribution < -0.4 is 10.1 Å². The molecule has 4 heteroatoms. The van der Waals surface area contributed by atoms with Crippen molar-refractivity contribution in [3.63, 3.8) is 0 Å². The number of hydrogen-bond donors (Lipinski definition) is 1. The molecular weight excluding hydrogens is 262 g/mol. The number of benzene rings is 1. The Hall–Kier alpha value is -1.94. The molecule has 1 atom stereocenters. The first-order valence-electron chi connectivity index (χ1n) is 7.45. The monoisotopic (exact) mass is 285 g/mol. The summed E-state index contributed by atoms with van der Waals surface area (Å²) in [4.78, 5) is 0. The second kappa shape index (κ2) is 7.74. The van der Waals surface area contributed by atoms with E-state index < -0.39 is 0 Å². The number of aromatic nitrogens is 2. The lowest BCUT2D eigenvalue weighted by Gasteiger charge is -2.17. The third-order valence-corrected chi connectivity index (χ3v) is 3.55. The molecule has 2 rings (SSSR count). The van der Waals surface area contributed by atoms with Crippen LogP contribution in [0.15, 0.2) is 36.4 Å². The van der Waals surface area contributed by atoms with Gasteiger partial charge in [0.25, 0.3) is 0 Å². The number of nitrogens with zero attached hydrogens (tertiary/aromatic N) is 2. The van der Waals surface area contributed by atoms with Crippen LogP contribution >= 0.6 is 0 Å². The van der Waals surface area contributed by atoms with E-state index in [2.05, 4.69) is 53.6 Å². The third kappa shape index (κ3) is 4.26. The number of likely N-dealkylation sites (N-methyl/N-ethyl adjacent to an activating group) is 1. The molecule has 0 bridgehead atoms. The second-order valence-electron chi connectivity index (χ2n) is 4.98. The molecule has 0 amide bonds. The van der Waals surface area contributed by atoms with Gasteiger partial charge in [0.1, 0.15) is 0 Å². The van der Waals surface area contributed by atoms with Crippen molar-refractivity contribution in [2.24, 2.45) is 0 Å². The lowest BCUT2D eigenvalue weighted by atomic mass is 10.0. The minimum Gasteiger partial charge on any atom is -0.480 e. The maximum atomic E-state index is 5.06. The zero-order chi connectivity index (χ0) is 15.1. The fraction of sp³-hybridized carbons (Fsp3) is 0.412. The third-order valence-electron chi connectivity index (χ3n) is 3.55. The van der Waals surface area contributed by atoms with Crippen molar-refractivity contribution >= 4 is 0 Å². The lowest BCUT2D eigenvalue weighted by Crippen LogP contribution is -2.24. The summed E-state index contributed by atoms with van der Waals surface area (Å²) in [6, 6.07) is 12.8. The first-order valence-corrected chi connectivity index (χ1v) is 7.45. The van der Waals surface area contributed by atoms with Crippen LogP contribution in [0.5, 0.6) is 5.88 Å². The summed E-state index contributed by atoms with van der Waals surface area (Å²) < 4.78 is 5.06. The normalized spacial score (nSPS) is 12.1. The molecule has 0 aliphatic rings. The number of aryl methyl sites for hydroxylation is 1. The van der Waals surface area contributed by atoms with Gasteiger partial charge in [-0.05, 0) is 36.6 Å². The van der Waals surface area contributed by atoms with Crippen molar-refractivity contribution in [2.75, 3.05) is 13.7 Å². The lowest BCUT2D eigenvalue weighted by molar-refractivity contribution is 0.389. The Bertz CT molecular complexity index is 537. The van der Waals surface area contributed by atoms with Gasteiger partial charge in [-0.3, -0.25) is 0 Å². The molecule has 1 heterocycles. The van der Waals surface area contributed by atoms with E-state index in [-0.39, 0.29) is 6.04 Å². The van der Waals surface area contributed by atoms with Gasteiger partial charge in [-0.1, -0.05) is 38.1 Å². The highest BCUT2D eigenvalue weighted by Gasteiger charge is 2.13. The van der Waals surface area contributed by atoms with Crippen LogP contribution in [0.25, 0.3) is 0 Å². The minimum atomic E-state index is 0.167. The Morgan fingerprint density at radius 1 is 1.00 bits per heavy atom. The van der Waals surface area contributed by atoms with Crippen molar-refractivity contribution in [1.82, 2.24) is 15.5 Å². The molecule has 2 aromatic rings. The van der Waals surface area contributed by atoms with Crippen LogP contribution in [0.4, 0.5) is 0 Å². The first-order chi connectivity index (χ1) is 10.3. The van der Waals surface area contributed by atoms with Crippen molar-refractivity contribution in [3.8, 4) is 5.88 Å². The summed E-state index contributed by atoms with van der Waals surface area (Å²) in [5, 5.41) is 11.8. The molecule has 0 aliphatic heterocycles. The van der Waals surface area contributed by atoms with Gasteiger partial charge in [0.05, 0.1) is 18.8 Å². The summed E-state index contributed by atoms with van der Waals surface area (Å²) in [6.07, 6.45) is 1.97. The van der Waals surface area contributed by atoms with E-state index in [9.17, 15) is 0 Å². The quantitative estimate of drug-likeness (QED) is 0.849. The minimum absolute atomic E-state index is 0.167. The van der Waals surface area contributed by atoms with Gasteiger partial charge < -0.3 is 10.1 Å². The van der Waals surface area contributed by atoms with Crippen LogP contribution in [-0.4, -0.2) is 23.9 Å². The van der Waals surface area contributed by atoms with Crippen LogP contribution in [0.2, 0.25) is 0 Å². The molecule has 1 aromatic heterocycles. The molecule has 0 aliphatic carbocycles. The van der Waals surface area contributed by atoms with Gasteiger partial charge >= 0.3 is 0 Å². The molecule has 0 spiro atoms. The summed E-state index contributed by atoms with van der Waals surface area (Å²) in [5.74, 6) is 0.543. The summed E-state index contributed by atoms with van der Waals surface area (Å²) in [6.45, 7) is 5.17. The number of nitrogens with one attached hydrogen (secondary N) is 1. The highest BCUT2D eigenvalue weighted by atomic mass is 16.5. The molecular formula is C17H23N3O. The topological polar surface area (TPSA) is 47.0 Å². The van der Waals surface area contributed by atoms with Gasteiger partial charge in [0.15, 0.2) is 0 Å². The predicted octanol–water partition coefficient (Wildman–Crippen LogP) is 2.94. The number of methoxy groups -OCH3 is 1. The Balaban J connectivity index is 2.13. The molecule has 1 unspecified atom stereocenters. The van der Waals surface area contributed by atoms with Gasteiger partial charge in [-0.25, -0.2) is 0 Å². The van der Waals surface area contributed by atoms with Gasteiger partial charge in [-0.2, -0.15) is 5.10 Å². The van der Waals surface area contributed by atoms with Crippen LogP contribution in [0, 0.1) is 0 Å². The summed E-state index contributed by atoms with van der Waals surface area (Å²) in [5.41, 5.74) is 3.61. The number of hydrogen-bond acceptors (Lipinski definition) is 4. The van der Waals surface area contributed by atoms with Crippen LogP contribution in [0.1, 0.15) is 36.7 Å². The first kappa shape index (κ1) is 15.4. The molecule has 21 heavy (non-hydrogen) atoms. The van der Waals surface area contributed by atoms with Gasteiger partial charge in [0.2, 0.25) is 5.88 Å². The summed E-state index contributed by atoms with van der Waals surface area (Å²) in [7, 11) is 1.60. The molecule has 0 radical (unpaired) electrons. The maximum absolute atomic E-state index is 5.06. The molecule has 0 fully saturated rings. The maximum Gasteiger partial charge on any atom is 0.233 e. The SMILES string of the molecule is CCNC(Cc1ccc(CC)cc1)c1ccc(OC)nn1. The molecule has 112 valence electrons.